The minimum absolute atomic E-state index is 0.144. The highest BCUT2D eigenvalue weighted by molar-refractivity contribution is 5.63. The van der Waals surface area contributed by atoms with Crippen molar-refractivity contribution in [3.05, 3.63) is 59.9 Å². The molecule has 2 nitrogen and oxygen atoms in total. The average Bonchev–Trinajstić information content (AvgIpc) is 2.46. The molecule has 0 saturated heterocycles. The van der Waals surface area contributed by atoms with Gasteiger partial charge in [-0.25, -0.2) is 4.39 Å². The van der Waals surface area contributed by atoms with E-state index in [4.69, 9.17) is 0 Å². The van der Waals surface area contributed by atoms with Crippen LogP contribution in [0.15, 0.2) is 48.5 Å². The van der Waals surface area contributed by atoms with Gasteiger partial charge in [0.05, 0.1) is 5.69 Å². The number of halogens is 1. The average molecular weight is 258 g/mol. The Bertz CT molecular complexity index is 540. The Morgan fingerprint density at radius 1 is 1.11 bits per heavy atom. The summed E-state index contributed by atoms with van der Waals surface area (Å²) in [5.41, 5.74) is 2.50. The second-order valence-corrected chi connectivity index (χ2v) is 4.62. The lowest BCUT2D eigenvalue weighted by Gasteiger charge is -2.21. The zero-order valence-corrected chi connectivity index (χ0v) is 11.5. The Kier molecular flexibility index (Phi) is 4.17. The highest BCUT2D eigenvalue weighted by Gasteiger charge is 2.11. The lowest BCUT2D eigenvalue weighted by molar-refractivity contribution is 0.608. The summed E-state index contributed by atoms with van der Waals surface area (Å²) in [6.45, 7) is 2.01. The minimum Gasteiger partial charge on any atom is -0.342 e. The van der Waals surface area contributed by atoms with Crippen molar-refractivity contribution in [2.45, 2.75) is 13.0 Å². The van der Waals surface area contributed by atoms with E-state index in [-0.39, 0.29) is 11.9 Å². The van der Waals surface area contributed by atoms with Gasteiger partial charge in [-0.1, -0.05) is 24.3 Å². The van der Waals surface area contributed by atoms with Gasteiger partial charge in [0.1, 0.15) is 5.82 Å². The Hall–Kier alpha value is -1.87. The highest BCUT2D eigenvalue weighted by atomic mass is 19.1. The van der Waals surface area contributed by atoms with Gasteiger partial charge in [-0.15, -0.1) is 0 Å². The molecule has 100 valence electrons. The van der Waals surface area contributed by atoms with Gasteiger partial charge in [-0.3, -0.25) is 0 Å². The Balaban J connectivity index is 2.31. The van der Waals surface area contributed by atoms with Crippen LogP contribution in [0.5, 0.6) is 0 Å². The summed E-state index contributed by atoms with van der Waals surface area (Å²) in [5, 5.41) is 3.11. The molecule has 1 N–H and O–H groups in total. The fraction of sp³-hybridized carbons (Fsp3) is 0.250. The zero-order chi connectivity index (χ0) is 13.8. The van der Waals surface area contributed by atoms with Gasteiger partial charge in [0.25, 0.3) is 0 Å². The molecule has 0 heterocycles. The van der Waals surface area contributed by atoms with Gasteiger partial charge in [-0.2, -0.15) is 0 Å². The van der Waals surface area contributed by atoms with Crippen LogP contribution in [-0.2, 0) is 0 Å². The molecule has 0 aliphatic heterocycles. The molecule has 0 radical (unpaired) electrons. The standard InChI is InChI=1S/C16H19FN2/c1-12(18-2)13-9-10-16(15(17)11-13)19(3)14-7-5-4-6-8-14/h4-12,18H,1-3H3. The summed E-state index contributed by atoms with van der Waals surface area (Å²) in [7, 11) is 3.74. The van der Waals surface area contributed by atoms with Crippen LogP contribution in [-0.4, -0.2) is 14.1 Å². The second-order valence-electron chi connectivity index (χ2n) is 4.62. The maximum atomic E-state index is 14.2. The first kappa shape index (κ1) is 13.6. The highest BCUT2D eigenvalue weighted by Crippen LogP contribution is 2.27. The van der Waals surface area contributed by atoms with E-state index in [1.54, 1.807) is 6.07 Å². The third kappa shape index (κ3) is 2.93. The second kappa shape index (κ2) is 5.85. The van der Waals surface area contributed by atoms with Crippen molar-refractivity contribution in [2.24, 2.45) is 0 Å². The summed E-state index contributed by atoms with van der Waals surface area (Å²) < 4.78 is 14.2. The molecule has 0 bridgehead atoms. The van der Waals surface area contributed by atoms with Gasteiger partial charge in [0.15, 0.2) is 0 Å². The van der Waals surface area contributed by atoms with Crippen molar-refractivity contribution in [1.29, 1.82) is 0 Å². The molecule has 1 atom stereocenters. The smallest absolute Gasteiger partial charge is 0.147 e. The first-order valence-corrected chi connectivity index (χ1v) is 6.39. The first-order valence-electron chi connectivity index (χ1n) is 6.39. The fourth-order valence-corrected chi connectivity index (χ4v) is 2.02. The van der Waals surface area contributed by atoms with Crippen molar-refractivity contribution in [3.8, 4) is 0 Å². The number of para-hydroxylation sites is 1. The third-order valence-corrected chi connectivity index (χ3v) is 3.41. The van der Waals surface area contributed by atoms with Crippen LogP contribution in [0.4, 0.5) is 15.8 Å². The van der Waals surface area contributed by atoms with Crippen LogP contribution in [0.2, 0.25) is 0 Å². The van der Waals surface area contributed by atoms with Crippen molar-refractivity contribution in [1.82, 2.24) is 5.32 Å². The number of rotatable bonds is 4. The predicted molar refractivity (Wildman–Crippen MR) is 78.4 cm³/mol. The number of hydrogen-bond donors (Lipinski definition) is 1. The molecule has 0 aliphatic carbocycles. The molecule has 1 unspecified atom stereocenters. The Morgan fingerprint density at radius 3 is 2.37 bits per heavy atom. The number of hydrogen-bond acceptors (Lipinski definition) is 2. The molecule has 2 aromatic rings. The van der Waals surface area contributed by atoms with Crippen molar-refractivity contribution < 1.29 is 4.39 Å². The van der Waals surface area contributed by atoms with E-state index in [1.807, 2.05) is 68.4 Å². The maximum absolute atomic E-state index is 14.2. The van der Waals surface area contributed by atoms with Crippen LogP contribution < -0.4 is 10.2 Å². The molecule has 2 rings (SSSR count). The largest absolute Gasteiger partial charge is 0.342 e. The van der Waals surface area contributed by atoms with E-state index in [0.717, 1.165) is 11.3 Å². The normalized spacial score (nSPS) is 12.2. The summed E-state index contributed by atoms with van der Waals surface area (Å²) in [6.07, 6.45) is 0. The van der Waals surface area contributed by atoms with Gasteiger partial charge in [0, 0.05) is 18.8 Å². The van der Waals surface area contributed by atoms with Crippen molar-refractivity contribution in [3.63, 3.8) is 0 Å². The van der Waals surface area contributed by atoms with E-state index in [2.05, 4.69) is 5.32 Å². The van der Waals surface area contributed by atoms with Crippen molar-refractivity contribution in [2.75, 3.05) is 19.0 Å². The fourth-order valence-electron chi connectivity index (χ4n) is 2.02. The topological polar surface area (TPSA) is 15.3 Å². The van der Waals surface area contributed by atoms with E-state index in [1.165, 1.54) is 0 Å². The number of nitrogens with one attached hydrogen (secondary N) is 1. The maximum Gasteiger partial charge on any atom is 0.147 e. The van der Waals surface area contributed by atoms with E-state index < -0.39 is 0 Å². The van der Waals surface area contributed by atoms with Gasteiger partial charge in [0.2, 0.25) is 0 Å². The summed E-state index contributed by atoms with van der Waals surface area (Å²) >= 11 is 0. The first-order chi connectivity index (χ1) is 9.13. The quantitative estimate of drug-likeness (QED) is 0.895. The predicted octanol–water partition coefficient (Wildman–Crippen LogP) is 3.87. The van der Waals surface area contributed by atoms with E-state index in [0.29, 0.717) is 5.69 Å². The molecule has 0 fully saturated rings. The molecule has 0 aliphatic rings. The lowest BCUT2D eigenvalue weighted by Crippen LogP contribution is -2.14. The van der Waals surface area contributed by atoms with Crippen LogP contribution in [0, 0.1) is 5.82 Å². The summed E-state index contributed by atoms with van der Waals surface area (Å²) in [5.74, 6) is -0.203. The molecule has 0 saturated carbocycles. The molecular weight excluding hydrogens is 239 g/mol. The molecule has 2 aromatic carbocycles. The van der Waals surface area contributed by atoms with Crippen LogP contribution in [0.1, 0.15) is 18.5 Å². The SMILES string of the molecule is CNC(C)c1ccc(N(C)c2ccccc2)c(F)c1. The Morgan fingerprint density at radius 2 is 1.79 bits per heavy atom. The van der Waals surface area contributed by atoms with Gasteiger partial charge in [-0.05, 0) is 43.8 Å². The van der Waals surface area contributed by atoms with Gasteiger partial charge < -0.3 is 10.2 Å². The Labute approximate surface area is 113 Å². The zero-order valence-electron chi connectivity index (χ0n) is 11.5. The van der Waals surface area contributed by atoms with E-state index >= 15 is 0 Å². The molecule has 0 amide bonds. The molecular formula is C16H19FN2. The number of nitrogens with zero attached hydrogens (tertiary/aromatic N) is 1. The van der Waals surface area contributed by atoms with Crippen LogP contribution >= 0.6 is 0 Å². The van der Waals surface area contributed by atoms with Crippen LogP contribution in [0.25, 0.3) is 0 Å². The molecule has 0 aromatic heterocycles. The molecule has 3 heteroatoms. The lowest BCUT2D eigenvalue weighted by atomic mass is 10.1. The minimum atomic E-state index is -0.203. The monoisotopic (exact) mass is 258 g/mol. The molecule has 19 heavy (non-hydrogen) atoms. The van der Waals surface area contributed by atoms with Crippen molar-refractivity contribution >= 4 is 11.4 Å². The number of benzene rings is 2. The molecule has 0 spiro atoms. The summed E-state index contributed by atoms with van der Waals surface area (Å²) in [4.78, 5) is 1.85. The number of anilines is 2. The third-order valence-electron chi connectivity index (χ3n) is 3.41. The van der Waals surface area contributed by atoms with Crippen LogP contribution in [0.3, 0.4) is 0 Å². The van der Waals surface area contributed by atoms with E-state index in [9.17, 15) is 4.39 Å². The summed E-state index contributed by atoms with van der Waals surface area (Å²) in [6, 6.07) is 15.3. The van der Waals surface area contributed by atoms with Gasteiger partial charge >= 0.3 is 0 Å².